The average Bonchev–Trinajstić information content (AvgIpc) is 2.97. The van der Waals surface area contributed by atoms with Crippen molar-refractivity contribution in [1.82, 2.24) is 10.2 Å². The van der Waals surface area contributed by atoms with Gasteiger partial charge < -0.3 is 14.3 Å². The molecule has 6 heteroatoms. The summed E-state index contributed by atoms with van der Waals surface area (Å²) in [6.45, 7) is 0. The van der Waals surface area contributed by atoms with E-state index in [1.807, 2.05) is 24.3 Å². The van der Waals surface area contributed by atoms with Crippen LogP contribution >= 0.6 is 15.9 Å². The lowest BCUT2D eigenvalue weighted by Gasteiger charge is -2.01. The molecule has 2 aromatic carbocycles. The number of carboxylic acid groups (broad SMARTS) is 1. The predicted octanol–water partition coefficient (Wildman–Crippen LogP) is 2.53. The first-order chi connectivity index (χ1) is 10.1. The van der Waals surface area contributed by atoms with E-state index in [9.17, 15) is 9.90 Å². The average molecular weight is 344 g/mol. The van der Waals surface area contributed by atoms with E-state index < -0.39 is 5.97 Å². The number of aromatic nitrogens is 2. The SMILES string of the molecule is O=C([O-])c1ccc(-c2nnc(-c3cccc(Br)c3)o2)cc1. The molecule has 0 bridgehead atoms. The maximum Gasteiger partial charge on any atom is 0.248 e. The van der Waals surface area contributed by atoms with Crippen molar-refractivity contribution in [2.45, 2.75) is 0 Å². The van der Waals surface area contributed by atoms with Crippen LogP contribution in [0.5, 0.6) is 0 Å². The summed E-state index contributed by atoms with van der Waals surface area (Å²) in [6, 6.07) is 13.6. The van der Waals surface area contributed by atoms with Crippen LogP contribution in [0.2, 0.25) is 0 Å². The number of carbonyl (C=O) groups excluding carboxylic acids is 1. The third-order valence-electron chi connectivity index (χ3n) is 2.86. The number of aromatic carboxylic acids is 1. The standard InChI is InChI=1S/C15H9BrN2O3/c16-12-3-1-2-11(8-12)14-18-17-13(21-14)9-4-6-10(7-5-9)15(19)20/h1-8H,(H,19,20)/p-1. The summed E-state index contributed by atoms with van der Waals surface area (Å²) in [7, 11) is 0. The molecule has 0 unspecified atom stereocenters. The Morgan fingerprint density at radius 2 is 1.67 bits per heavy atom. The van der Waals surface area contributed by atoms with Crippen LogP contribution < -0.4 is 5.11 Å². The molecule has 21 heavy (non-hydrogen) atoms. The number of carbonyl (C=O) groups is 1. The Morgan fingerprint density at radius 3 is 2.29 bits per heavy atom. The first kappa shape index (κ1) is 13.5. The molecule has 0 spiro atoms. The van der Waals surface area contributed by atoms with Gasteiger partial charge in [-0.25, -0.2) is 0 Å². The highest BCUT2D eigenvalue weighted by Crippen LogP contribution is 2.25. The highest BCUT2D eigenvalue weighted by atomic mass is 79.9. The van der Waals surface area contributed by atoms with Gasteiger partial charge in [0.15, 0.2) is 0 Å². The fourth-order valence-electron chi connectivity index (χ4n) is 1.83. The number of hydrogen-bond donors (Lipinski definition) is 0. The zero-order chi connectivity index (χ0) is 14.8. The molecule has 104 valence electrons. The molecule has 0 atom stereocenters. The van der Waals surface area contributed by atoms with E-state index in [2.05, 4.69) is 26.1 Å². The van der Waals surface area contributed by atoms with Crippen molar-refractivity contribution in [2.24, 2.45) is 0 Å². The van der Waals surface area contributed by atoms with Gasteiger partial charge in [-0.15, -0.1) is 10.2 Å². The Morgan fingerprint density at radius 1 is 1.00 bits per heavy atom. The first-order valence-corrected chi connectivity index (χ1v) is 6.84. The highest BCUT2D eigenvalue weighted by molar-refractivity contribution is 9.10. The second kappa shape index (κ2) is 5.49. The van der Waals surface area contributed by atoms with Crippen LogP contribution in [0.15, 0.2) is 57.4 Å². The first-order valence-electron chi connectivity index (χ1n) is 6.05. The normalized spacial score (nSPS) is 10.5. The Labute approximate surface area is 128 Å². The van der Waals surface area contributed by atoms with Crippen LogP contribution in [0.4, 0.5) is 0 Å². The van der Waals surface area contributed by atoms with E-state index in [0.29, 0.717) is 17.3 Å². The number of rotatable bonds is 3. The molecule has 0 aliphatic heterocycles. The van der Waals surface area contributed by atoms with E-state index in [1.54, 1.807) is 12.1 Å². The third kappa shape index (κ3) is 2.85. The predicted molar refractivity (Wildman–Crippen MR) is 77.2 cm³/mol. The summed E-state index contributed by atoms with van der Waals surface area (Å²) in [4.78, 5) is 10.7. The number of benzene rings is 2. The summed E-state index contributed by atoms with van der Waals surface area (Å²) < 4.78 is 6.52. The molecule has 0 radical (unpaired) electrons. The summed E-state index contributed by atoms with van der Waals surface area (Å²) in [5, 5.41) is 18.7. The van der Waals surface area contributed by atoms with Crippen LogP contribution in [-0.4, -0.2) is 16.2 Å². The molecular formula is C15H8BrN2O3-. The molecule has 1 heterocycles. The van der Waals surface area contributed by atoms with E-state index in [0.717, 1.165) is 10.0 Å². The number of carboxylic acids is 1. The maximum absolute atomic E-state index is 10.7. The van der Waals surface area contributed by atoms with Gasteiger partial charge in [0.1, 0.15) is 0 Å². The molecule has 0 aliphatic rings. The molecule has 0 N–H and O–H groups in total. The molecule has 1 aromatic heterocycles. The van der Waals surface area contributed by atoms with Gasteiger partial charge in [-0.3, -0.25) is 0 Å². The molecule has 3 rings (SSSR count). The summed E-state index contributed by atoms with van der Waals surface area (Å²) in [6.07, 6.45) is 0. The number of hydrogen-bond acceptors (Lipinski definition) is 5. The topological polar surface area (TPSA) is 79.0 Å². The smallest absolute Gasteiger partial charge is 0.248 e. The fourth-order valence-corrected chi connectivity index (χ4v) is 2.23. The van der Waals surface area contributed by atoms with Crippen molar-refractivity contribution in [2.75, 3.05) is 0 Å². The lowest BCUT2D eigenvalue weighted by molar-refractivity contribution is -0.255. The molecule has 0 amide bonds. The Bertz CT molecular complexity index is 797. The zero-order valence-electron chi connectivity index (χ0n) is 10.6. The lowest BCUT2D eigenvalue weighted by Crippen LogP contribution is -2.21. The van der Waals surface area contributed by atoms with Crippen molar-refractivity contribution in [3.8, 4) is 22.9 Å². The van der Waals surface area contributed by atoms with Gasteiger partial charge in [0.25, 0.3) is 0 Å². The van der Waals surface area contributed by atoms with Gasteiger partial charge in [0.05, 0.1) is 5.97 Å². The molecular weight excluding hydrogens is 336 g/mol. The minimum Gasteiger partial charge on any atom is -0.545 e. The number of nitrogens with zero attached hydrogens (tertiary/aromatic N) is 2. The maximum atomic E-state index is 10.7. The monoisotopic (exact) mass is 343 g/mol. The van der Waals surface area contributed by atoms with E-state index in [-0.39, 0.29) is 5.56 Å². The van der Waals surface area contributed by atoms with Crippen LogP contribution in [0.25, 0.3) is 22.9 Å². The fraction of sp³-hybridized carbons (Fsp3) is 0. The van der Waals surface area contributed by atoms with E-state index >= 15 is 0 Å². The summed E-state index contributed by atoms with van der Waals surface area (Å²) in [5.41, 5.74) is 1.55. The van der Waals surface area contributed by atoms with Crippen molar-refractivity contribution in [3.05, 3.63) is 58.6 Å². The highest BCUT2D eigenvalue weighted by Gasteiger charge is 2.10. The van der Waals surface area contributed by atoms with Crippen molar-refractivity contribution in [3.63, 3.8) is 0 Å². The molecule has 0 saturated heterocycles. The van der Waals surface area contributed by atoms with Gasteiger partial charge in [0, 0.05) is 15.6 Å². The molecule has 5 nitrogen and oxygen atoms in total. The van der Waals surface area contributed by atoms with Crippen molar-refractivity contribution < 1.29 is 14.3 Å². The van der Waals surface area contributed by atoms with Crippen LogP contribution in [0.3, 0.4) is 0 Å². The van der Waals surface area contributed by atoms with Crippen molar-refractivity contribution in [1.29, 1.82) is 0 Å². The van der Waals surface area contributed by atoms with Crippen LogP contribution in [0, 0.1) is 0 Å². The molecule has 0 fully saturated rings. The summed E-state index contributed by atoms with van der Waals surface area (Å²) >= 11 is 3.38. The third-order valence-corrected chi connectivity index (χ3v) is 3.36. The largest absolute Gasteiger partial charge is 0.545 e. The van der Waals surface area contributed by atoms with Gasteiger partial charge in [-0.1, -0.05) is 34.1 Å². The van der Waals surface area contributed by atoms with Crippen LogP contribution in [-0.2, 0) is 0 Å². The minimum atomic E-state index is -1.22. The second-order valence-corrected chi connectivity index (χ2v) is 5.20. The minimum absolute atomic E-state index is 0.102. The Kier molecular flexibility index (Phi) is 3.53. The molecule has 0 aliphatic carbocycles. The number of halogens is 1. The van der Waals surface area contributed by atoms with E-state index in [4.69, 9.17) is 4.42 Å². The zero-order valence-corrected chi connectivity index (χ0v) is 12.2. The molecule has 0 saturated carbocycles. The second-order valence-electron chi connectivity index (χ2n) is 4.29. The Hall–Kier alpha value is -2.47. The van der Waals surface area contributed by atoms with Gasteiger partial charge in [-0.2, -0.15) is 0 Å². The van der Waals surface area contributed by atoms with Gasteiger partial charge >= 0.3 is 0 Å². The van der Waals surface area contributed by atoms with Gasteiger partial charge in [0.2, 0.25) is 11.8 Å². The summed E-state index contributed by atoms with van der Waals surface area (Å²) in [5.74, 6) is -0.493. The quantitative estimate of drug-likeness (QED) is 0.730. The lowest BCUT2D eigenvalue weighted by atomic mass is 10.1. The van der Waals surface area contributed by atoms with Crippen molar-refractivity contribution >= 4 is 21.9 Å². The molecule has 3 aromatic rings. The van der Waals surface area contributed by atoms with Crippen LogP contribution in [0.1, 0.15) is 10.4 Å². The Balaban J connectivity index is 1.93. The van der Waals surface area contributed by atoms with E-state index in [1.165, 1.54) is 12.1 Å². The van der Waals surface area contributed by atoms with Gasteiger partial charge in [-0.05, 0) is 35.9 Å².